The molecule has 1 amide bonds. The quantitative estimate of drug-likeness (QED) is 0.339. The molecule has 0 spiro atoms. The highest BCUT2D eigenvalue weighted by Gasteiger charge is 2.45. The van der Waals surface area contributed by atoms with Crippen molar-refractivity contribution in [3.8, 4) is 17.3 Å². The molecule has 0 unspecified atom stereocenters. The van der Waals surface area contributed by atoms with E-state index >= 15 is 0 Å². The summed E-state index contributed by atoms with van der Waals surface area (Å²) in [4.78, 5) is 19.6. The SMILES string of the molecule is COc1ccc(-c2nnn(C[C@@H]3OC(=O)N(c4ccc(Cl)cc4)[C@H]3c3cccc(C(F)(F)F)c3)n2)cn1. The highest BCUT2D eigenvalue weighted by Crippen LogP contribution is 2.40. The van der Waals surface area contributed by atoms with E-state index in [1.54, 1.807) is 36.4 Å². The van der Waals surface area contributed by atoms with E-state index in [1.165, 1.54) is 35.1 Å². The minimum Gasteiger partial charge on any atom is -0.481 e. The number of ether oxygens (including phenoxy) is 2. The van der Waals surface area contributed by atoms with Crippen molar-refractivity contribution in [3.63, 3.8) is 0 Å². The number of aromatic nitrogens is 5. The zero-order chi connectivity index (χ0) is 26.2. The van der Waals surface area contributed by atoms with Crippen molar-refractivity contribution in [2.24, 2.45) is 0 Å². The number of carbonyl (C=O) groups is 1. The molecule has 0 radical (unpaired) electrons. The minimum absolute atomic E-state index is 0.0622. The number of cyclic esters (lactones) is 1. The molecule has 0 N–H and O–H groups in total. The number of pyridine rings is 1. The minimum atomic E-state index is -4.56. The average Bonchev–Trinajstić information content (AvgIpc) is 3.48. The van der Waals surface area contributed by atoms with E-state index in [2.05, 4.69) is 20.4 Å². The van der Waals surface area contributed by atoms with Crippen molar-refractivity contribution in [1.29, 1.82) is 0 Å². The van der Waals surface area contributed by atoms with Crippen molar-refractivity contribution in [2.75, 3.05) is 12.0 Å². The van der Waals surface area contributed by atoms with Gasteiger partial charge >= 0.3 is 12.3 Å². The van der Waals surface area contributed by atoms with E-state index in [1.807, 2.05) is 0 Å². The molecular formula is C24H18ClF3N6O3. The van der Waals surface area contributed by atoms with Gasteiger partial charge in [0.1, 0.15) is 18.7 Å². The summed E-state index contributed by atoms with van der Waals surface area (Å²) < 4.78 is 51.1. The van der Waals surface area contributed by atoms with Gasteiger partial charge in [0.25, 0.3) is 0 Å². The molecule has 2 atom stereocenters. The number of amides is 1. The summed E-state index contributed by atoms with van der Waals surface area (Å²) >= 11 is 5.99. The lowest BCUT2D eigenvalue weighted by molar-refractivity contribution is -0.137. The molecule has 1 fully saturated rings. The van der Waals surface area contributed by atoms with Gasteiger partial charge in [-0.15, -0.1) is 10.2 Å². The van der Waals surface area contributed by atoms with Crippen LogP contribution in [0, 0.1) is 0 Å². The highest BCUT2D eigenvalue weighted by atomic mass is 35.5. The largest absolute Gasteiger partial charge is 0.481 e. The van der Waals surface area contributed by atoms with Gasteiger partial charge in [0, 0.05) is 28.5 Å². The maximum atomic E-state index is 13.5. The number of anilines is 1. The first kappa shape index (κ1) is 24.5. The van der Waals surface area contributed by atoms with Crippen LogP contribution in [0.25, 0.3) is 11.4 Å². The van der Waals surface area contributed by atoms with Crippen LogP contribution in [0.5, 0.6) is 5.88 Å². The van der Waals surface area contributed by atoms with E-state index in [4.69, 9.17) is 21.1 Å². The first-order valence-corrected chi connectivity index (χ1v) is 11.3. The standard InChI is InChI=1S/C24H18ClF3N6O3/c1-36-20-10-5-15(12-29-20)22-30-32-33(31-22)13-19-21(14-3-2-4-16(11-14)24(26,27)28)34(23(35)37-19)18-8-6-17(25)7-9-18/h2-12,19,21H,13H2,1H3/t19-,21-/m0/s1. The summed E-state index contributed by atoms with van der Waals surface area (Å²) in [5, 5.41) is 12.8. The number of methoxy groups -OCH3 is 1. The molecule has 4 aromatic rings. The lowest BCUT2D eigenvalue weighted by Gasteiger charge is -2.25. The summed E-state index contributed by atoms with van der Waals surface area (Å²) in [5.41, 5.74) is 0.385. The predicted molar refractivity (Wildman–Crippen MR) is 126 cm³/mol. The van der Waals surface area contributed by atoms with E-state index in [9.17, 15) is 18.0 Å². The van der Waals surface area contributed by atoms with Crippen LogP contribution in [-0.4, -0.2) is 44.5 Å². The molecule has 2 aromatic heterocycles. The molecule has 9 nitrogen and oxygen atoms in total. The Hall–Kier alpha value is -4.19. The molecular weight excluding hydrogens is 513 g/mol. The first-order chi connectivity index (χ1) is 17.7. The van der Waals surface area contributed by atoms with Crippen LogP contribution in [0.15, 0.2) is 66.9 Å². The second-order valence-corrected chi connectivity index (χ2v) is 8.53. The Morgan fingerprint density at radius 1 is 1.11 bits per heavy atom. The average molecular weight is 531 g/mol. The van der Waals surface area contributed by atoms with E-state index in [0.29, 0.717) is 22.2 Å². The fourth-order valence-corrected chi connectivity index (χ4v) is 4.15. The topological polar surface area (TPSA) is 95.3 Å². The summed E-state index contributed by atoms with van der Waals surface area (Å²) in [5.74, 6) is 0.685. The molecule has 1 aliphatic rings. The van der Waals surface area contributed by atoms with Crippen LogP contribution in [-0.2, 0) is 17.5 Å². The van der Waals surface area contributed by atoms with Gasteiger partial charge in [-0.3, -0.25) is 4.90 Å². The van der Waals surface area contributed by atoms with Gasteiger partial charge < -0.3 is 9.47 Å². The molecule has 190 valence electrons. The maximum Gasteiger partial charge on any atom is 0.416 e. The van der Waals surface area contributed by atoms with Gasteiger partial charge in [0.15, 0.2) is 0 Å². The Bertz CT molecular complexity index is 1410. The van der Waals surface area contributed by atoms with E-state index in [0.717, 1.165) is 12.1 Å². The Morgan fingerprint density at radius 3 is 2.57 bits per heavy atom. The van der Waals surface area contributed by atoms with Gasteiger partial charge in [-0.1, -0.05) is 23.7 Å². The van der Waals surface area contributed by atoms with Gasteiger partial charge in [0.05, 0.1) is 12.7 Å². The van der Waals surface area contributed by atoms with E-state index in [-0.39, 0.29) is 17.9 Å². The first-order valence-electron chi connectivity index (χ1n) is 10.9. The summed E-state index contributed by atoms with van der Waals surface area (Å²) in [6.45, 7) is -0.0622. The smallest absolute Gasteiger partial charge is 0.416 e. The maximum absolute atomic E-state index is 13.5. The lowest BCUT2D eigenvalue weighted by Crippen LogP contribution is -2.31. The Kier molecular flexibility index (Phi) is 6.42. The fraction of sp³-hybridized carbons (Fsp3) is 0.208. The summed E-state index contributed by atoms with van der Waals surface area (Å²) in [7, 11) is 1.49. The Balaban J connectivity index is 1.49. The number of carbonyl (C=O) groups excluding carboxylic acids is 1. The highest BCUT2D eigenvalue weighted by molar-refractivity contribution is 6.30. The second kappa shape index (κ2) is 9.69. The third-order valence-electron chi connectivity index (χ3n) is 5.74. The zero-order valence-electron chi connectivity index (χ0n) is 19.1. The number of nitrogens with zero attached hydrogens (tertiary/aromatic N) is 6. The van der Waals surface area contributed by atoms with Crippen LogP contribution in [0.1, 0.15) is 17.2 Å². The molecule has 13 heteroatoms. The van der Waals surface area contributed by atoms with Crippen molar-refractivity contribution < 1.29 is 27.4 Å². The third-order valence-corrected chi connectivity index (χ3v) is 5.99. The molecule has 2 aromatic carbocycles. The lowest BCUT2D eigenvalue weighted by atomic mass is 9.98. The van der Waals surface area contributed by atoms with Crippen LogP contribution in [0.4, 0.5) is 23.7 Å². The van der Waals surface area contributed by atoms with Gasteiger partial charge in [-0.25, -0.2) is 9.78 Å². The fourth-order valence-electron chi connectivity index (χ4n) is 4.03. The zero-order valence-corrected chi connectivity index (χ0v) is 19.9. The molecule has 1 aliphatic heterocycles. The number of hydrogen-bond donors (Lipinski definition) is 0. The van der Waals surface area contributed by atoms with Crippen LogP contribution < -0.4 is 9.64 Å². The van der Waals surface area contributed by atoms with Crippen molar-refractivity contribution in [1.82, 2.24) is 25.2 Å². The monoisotopic (exact) mass is 530 g/mol. The number of rotatable bonds is 6. The molecule has 5 rings (SSSR count). The molecule has 37 heavy (non-hydrogen) atoms. The molecule has 0 aliphatic carbocycles. The van der Waals surface area contributed by atoms with Gasteiger partial charge in [-0.2, -0.15) is 18.0 Å². The summed E-state index contributed by atoms with van der Waals surface area (Å²) in [6, 6.07) is 13.6. The molecule has 0 saturated carbocycles. The number of halogens is 4. The van der Waals surface area contributed by atoms with Crippen molar-refractivity contribution >= 4 is 23.4 Å². The number of hydrogen-bond acceptors (Lipinski definition) is 7. The number of tetrazole rings is 1. The normalized spacial score (nSPS) is 17.6. The number of benzene rings is 2. The Morgan fingerprint density at radius 2 is 1.89 bits per heavy atom. The molecule has 3 heterocycles. The predicted octanol–water partition coefficient (Wildman–Crippen LogP) is 5.18. The van der Waals surface area contributed by atoms with Crippen molar-refractivity contribution in [3.05, 3.63) is 83.0 Å². The van der Waals surface area contributed by atoms with Crippen LogP contribution >= 0.6 is 11.6 Å². The molecule has 1 saturated heterocycles. The Labute approximate surface area is 213 Å². The summed E-state index contributed by atoms with van der Waals surface area (Å²) in [6.07, 6.45) is -4.70. The van der Waals surface area contributed by atoms with Crippen LogP contribution in [0.2, 0.25) is 5.02 Å². The second-order valence-electron chi connectivity index (χ2n) is 8.09. The van der Waals surface area contributed by atoms with Gasteiger partial charge in [0.2, 0.25) is 11.7 Å². The number of alkyl halides is 3. The van der Waals surface area contributed by atoms with E-state index < -0.39 is 30.0 Å². The van der Waals surface area contributed by atoms with Gasteiger partial charge in [-0.05, 0) is 53.2 Å². The van der Waals surface area contributed by atoms with Crippen LogP contribution in [0.3, 0.4) is 0 Å². The third kappa shape index (κ3) is 5.05. The van der Waals surface area contributed by atoms with Crippen molar-refractivity contribution in [2.45, 2.75) is 24.9 Å². The molecule has 0 bridgehead atoms.